The van der Waals surface area contributed by atoms with E-state index in [0.717, 1.165) is 12.5 Å². The Morgan fingerprint density at radius 1 is 0.600 bits per heavy atom. The molecule has 0 radical (unpaired) electrons. The Morgan fingerprint density at radius 2 is 1.00 bits per heavy atom. The van der Waals surface area contributed by atoms with Crippen LogP contribution in [0, 0.1) is 0 Å². The molecule has 0 aliphatic carbocycles. The van der Waals surface area contributed by atoms with Crippen molar-refractivity contribution in [2.75, 3.05) is 21.3 Å². The summed E-state index contributed by atoms with van der Waals surface area (Å²) >= 11 is 6.85. The van der Waals surface area contributed by atoms with E-state index in [-0.39, 0.29) is 0 Å². The second kappa shape index (κ2) is 19.1. The van der Waals surface area contributed by atoms with Gasteiger partial charge in [0.25, 0.3) is 0 Å². The molecule has 0 aromatic rings. The molecular weight excluding hydrogens is 428 g/mol. The van der Waals surface area contributed by atoms with Gasteiger partial charge in [0.2, 0.25) is 0 Å². The monoisotopic (exact) mass is 480 g/mol. The molecule has 0 aliphatic heterocycles. The number of hydrogen-bond acceptors (Lipinski definition) is 3. The van der Waals surface area contributed by atoms with Gasteiger partial charge in [-0.05, 0) is 6.42 Å². The smallest absolute Gasteiger partial charge is 0.377 e. The van der Waals surface area contributed by atoms with E-state index in [1.807, 2.05) is 0 Å². The predicted octanol–water partition coefficient (Wildman–Crippen LogP) is 8.59. The minimum absolute atomic E-state index is 0.369. The standard InChI is InChI=1S/C24H53ClO3Si2/c1-7-8-9-10-11-12-13-14-15-16-17-18-19-21-24(25)29(5,6)22-20-23-30(26-2,27-3)28-4/h24H,7-23H2,1-6H3. The molecule has 1 unspecified atom stereocenters. The summed E-state index contributed by atoms with van der Waals surface area (Å²) in [5.41, 5.74) is 0. The Kier molecular flexibility index (Phi) is 19.5. The van der Waals surface area contributed by atoms with Gasteiger partial charge in [-0.1, -0.05) is 116 Å². The van der Waals surface area contributed by atoms with Crippen LogP contribution in [0.4, 0.5) is 0 Å². The highest BCUT2D eigenvalue weighted by Crippen LogP contribution is 2.28. The molecule has 0 heterocycles. The van der Waals surface area contributed by atoms with Gasteiger partial charge in [-0.15, -0.1) is 11.6 Å². The van der Waals surface area contributed by atoms with Gasteiger partial charge in [0.1, 0.15) is 0 Å². The van der Waals surface area contributed by atoms with E-state index in [2.05, 4.69) is 20.0 Å². The van der Waals surface area contributed by atoms with Crippen molar-refractivity contribution in [3.05, 3.63) is 0 Å². The summed E-state index contributed by atoms with van der Waals surface area (Å²) in [6.45, 7) is 7.15. The van der Waals surface area contributed by atoms with E-state index in [4.69, 9.17) is 24.9 Å². The van der Waals surface area contributed by atoms with Crippen molar-refractivity contribution in [1.82, 2.24) is 0 Å². The van der Waals surface area contributed by atoms with Crippen LogP contribution in [-0.4, -0.2) is 43.2 Å². The minimum atomic E-state index is -2.43. The molecule has 0 aromatic carbocycles. The van der Waals surface area contributed by atoms with Crippen LogP contribution in [0.1, 0.15) is 103 Å². The van der Waals surface area contributed by atoms with E-state index < -0.39 is 16.9 Å². The van der Waals surface area contributed by atoms with Crippen molar-refractivity contribution in [2.24, 2.45) is 0 Å². The molecule has 1 atom stereocenters. The summed E-state index contributed by atoms with van der Waals surface area (Å²) in [4.78, 5) is 0. The van der Waals surface area contributed by atoms with Crippen LogP contribution >= 0.6 is 11.6 Å². The molecule has 0 bridgehead atoms. The summed E-state index contributed by atoms with van der Waals surface area (Å²) < 4.78 is 16.6. The first kappa shape index (κ1) is 30.6. The maximum atomic E-state index is 6.85. The van der Waals surface area contributed by atoms with Crippen molar-refractivity contribution < 1.29 is 13.3 Å². The zero-order valence-electron chi connectivity index (χ0n) is 21.2. The first-order chi connectivity index (χ1) is 14.4. The highest BCUT2D eigenvalue weighted by atomic mass is 35.5. The SMILES string of the molecule is CCCCCCCCCCCCCCCC(Cl)[Si](C)(C)CCC[Si](OC)(OC)OC. The van der Waals surface area contributed by atoms with Gasteiger partial charge >= 0.3 is 8.80 Å². The molecule has 0 N–H and O–H groups in total. The lowest BCUT2D eigenvalue weighted by atomic mass is 10.0. The maximum Gasteiger partial charge on any atom is 0.500 e. The molecule has 182 valence electrons. The Morgan fingerprint density at radius 3 is 1.40 bits per heavy atom. The second-order valence-corrected chi connectivity index (χ2v) is 18.8. The first-order valence-electron chi connectivity index (χ1n) is 12.7. The Bertz CT molecular complexity index is 371. The maximum absolute atomic E-state index is 6.85. The molecular formula is C24H53ClO3Si2. The summed E-state index contributed by atoms with van der Waals surface area (Å²) in [6.07, 6.45) is 20.5. The van der Waals surface area contributed by atoms with E-state index in [9.17, 15) is 0 Å². The molecule has 0 aromatic heterocycles. The molecule has 0 amide bonds. The van der Waals surface area contributed by atoms with Crippen LogP contribution in [0.2, 0.25) is 25.2 Å². The lowest BCUT2D eigenvalue weighted by Gasteiger charge is -2.30. The quantitative estimate of drug-likeness (QED) is 0.0881. The molecule has 0 rings (SSSR count). The van der Waals surface area contributed by atoms with Crippen LogP contribution in [0.3, 0.4) is 0 Å². The molecule has 0 saturated heterocycles. The summed E-state index contributed by atoms with van der Waals surface area (Å²) in [6, 6.07) is 2.10. The minimum Gasteiger partial charge on any atom is -0.377 e. The lowest BCUT2D eigenvalue weighted by molar-refractivity contribution is 0.123. The Hall–Kier alpha value is 0.604. The summed E-state index contributed by atoms with van der Waals surface area (Å²) in [5.74, 6) is 0. The average Bonchev–Trinajstić information content (AvgIpc) is 2.74. The largest absolute Gasteiger partial charge is 0.500 e. The molecule has 0 spiro atoms. The molecule has 0 fully saturated rings. The third kappa shape index (κ3) is 14.6. The number of rotatable bonds is 22. The van der Waals surface area contributed by atoms with Gasteiger partial charge in [0.15, 0.2) is 0 Å². The van der Waals surface area contributed by atoms with E-state index in [1.54, 1.807) is 21.3 Å². The van der Waals surface area contributed by atoms with Crippen molar-refractivity contribution in [3.8, 4) is 0 Å². The number of halogens is 1. The van der Waals surface area contributed by atoms with Crippen LogP contribution in [0.25, 0.3) is 0 Å². The normalized spacial score (nSPS) is 13.7. The fourth-order valence-electron chi connectivity index (χ4n) is 4.21. The highest BCUT2D eigenvalue weighted by Gasteiger charge is 2.38. The average molecular weight is 481 g/mol. The van der Waals surface area contributed by atoms with Gasteiger partial charge in [-0.3, -0.25) is 0 Å². The van der Waals surface area contributed by atoms with E-state index >= 15 is 0 Å². The Labute approximate surface area is 196 Å². The lowest BCUT2D eigenvalue weighted by Crippen LogP contribution is -2.44. The third-order valence-electron chi connectivity index (χ3n) is 6.65. The number of unbranched alkanes of at least 4 members (excludes halogenated alkanes) is 12. The number of alkyl halides is 1. The number of hydrogen-bond donors (Lipinski definition) is 0. The molecule has 0 aliphatic rings. The van der Waals surface area contributed by atoms with Gasteiger partial charge < -0.3 is 13.3 Å². The highest BCUT2D eigenvalue weighted by molar-refractivity contribution is 6.85. The zero-order chi connectivity index (χ0) is 22.7. The van der Waals surface area contributed by atoms with Crippen LogP contribution in [0.5, 0.6) is 0 Å². The third-order valence-corrected chi connectivity index (χ3v) is 15.1. The van der Waals surface area contributed by atoms with Gasteiger partial charge in [-0.25, -0.2) is 0 Å². The molecule has 3 nitrogen and oxygen atoms in total. The van der Waals surface area contributed by atoms with Crippen molar-refractivity contribution in [2.45, 2.75) is 133 Å². The summed E-state index contributed by atoms with van der Waals surface area (Å²) in [5, 5.41) is 0.369. The molecule has 0 saturated carbocycles. The topological polar surface area (TPSA) is 27.7 Å². The molecule has 6 heteroatoms. The summed E-state index contributed by atoms with van der Waals surface area (Å²) in [7, 11) is 1.23. The van der Waals surface area contributed by atoms with E-state index in [1.165, 1.54) is 95.9 Å². The van der Waals surface area contributed by atoms with Crippen LogP contribution in [-0.2, 0) is 13.3 Å². The zero-order valence-corrected chi connectivity index (χ0v) is 24.0. The van der Waals surface area contributed by atoms with Gasteiger partial charge in [-0.2, -0.15) is 0 Å². The second-order valence-electron chi connectivity index (χ2n) is 9.64. The van der Waals surface area contributed by atoms with Gasteiger partial charge in [0.05, 0.1) is 8.07 Å². The predicted molar refractivity (Wildman–Crippen MR) is 138 cm³/mol. The fourth-order valence-corrected chi connectivity index (χ4v) is 9.15. The van der Waals surface area contributed by atoms with Crippen LogP contribution < -0.4 is 0 Å². The van der Waals surface area contributed by atoms with Crippen molar-refractivity contribution in [1.29, 1.82) is 0 Å². The van der Waals surface area contributed by atoms with Crippen molar-refractivity contribution in [3.63, 3.8) is 0 Å². The van der Waals surface area contributed by atoms with Crippen molar-refractivity contribution >= 4 is 28.5 Å². The van der Waals surface area contributed by atoms with Gasteiger partial charge in [0, 0.05) is 32.4 Å². The first-order valence-corrected chi connectivity index (χ1v) is 18.3. The van der Waals surface area contributed by atoms with Crippen LogP contribution in [0.15, 0.2) is 0 Å². The van der Waals surface area contributed by atoms with E-state index in [0.29, 0.717) is 5.00 Å². The molecule has 30 heavy (non-hydrogen) atoms. The fraction of sp³-hybridized carbons (Fsp3) is 1.00. The Balaban J connectivity index is 3.71.